The van der Waals surface area contributed by atoms with Crippen LogP contribution in [0, 0.1) is 0 Å². The Bertz CT molecular complexity index is 284. The van der Waals surface area contributed by atoms with Gasteiger partial charge in [0.25, 0.3) is 0 Å². The average Bonchev–Trinajstić information content (AvgIpc) is 2.71. The molecule has 0 amide bonds. The molecule has 1 aromatic rings. The first-order valence-corrected chi connectivity index (χ1v) is 5.03. The quantitative estimate of drug-likeness (QED) is 0.748. The van der Waals surface area contributed by atoms with Gasteiger partial charge in [-0.25, -0.2) is 0 Å². The van der Waals surface area contributed by atoms with E-state index in [4.69, 9.17) is 5.73 Å². The molecular weight excluding hydrogens is 162 g/mol. The normalized spacial score (nSPS) is 18.3. The zero-order valence-corrected chi connectivity index (χ0v) is 8.16. The Morgan fingerprint density at radius 2 is 2.23 bits per heavy atom. The maximum absolute atomic E-state index is 5.68. The number of nitrogens with zero attached hydrogens (tertiary/aromatic N) is 2. The monoisotopic (exact) mass is 179 g/mol. The molecule has 1 aliphatic carbocycles. The molecule has 0 radical (unpaired) electrons. The molecule has 0 aliphatic heterocycles. The largest absolute Gasteiger partial charge is 0.326 e. The molecule has 2 rings (SSSR count). The second-order valence-electron chi connectivity index (χ2n) is 3.90. The number of hydrogen-bond acceptors (Lipinski definition) is 2. The highest BCUT2D eigenvalue weighted by Gasteiger charge is 2.21. The summed E-state index contributed by atoms with van der Waals surface area (Å²) in [7, 11) is 1.97. The number of rotatable bonds is 2. The summed E-state index contributed by atoms with van der Waals surface area (Å²) in [6.45, 7) is 0.625. The summed E-state index contributed by atoms with van der Waals surface area (Å²) >= 11 is 0. The maximum Gasteiger partial charge on any atom is 0.0700 e. The minimum absolute atomic E-state index is 0.625. The molecule has 1 fully saturated rings. The molecule has 72 valence electrons. The Morgan fingerprint density at radius 3 is 2.85 bits per heavy atom. The summed E-state index contributed by atoms with van der Waals surface area (Å²) in [6.07, 6.45) is 7.35. The van der Waals surface area contributed by atoms with E-state index in [1.54, 1.807) is 0 Å². The highest BCUT2D eigenvalue weighted by Crippen LogP contribution is 2.34. The van der Waals surface area contributed by atoms with Crippen LogP contribution in [0.4, 0.5) is 0 Å². The van der Waals surface area contributed by atoms with Crippen molar-refractivity contribution in [1.82, 2.24) is 9.78 Å². The molecule has 13 heavy (non-hydrogen) atoms. The lowest BCUT2D eigenvalue weighted by molar-refractivity contribution is 0.654. The molecule has 1 aliphatic rings. The van der Waals surface area contributed by atoms with Gasteiger partial charge in [0, 0.05) is 31.3 Å². The van der Waals surface area contributed by atoms with Gasteiger partial charge < -0.3 is 5.73 Å². The van der Waals surface area contributed by atoms with Gasteiger partial charge >= 0.3 is 0 Å². The fourth-order valence-corrected chi connectivity index (χ4v) is 2.26. The lowest BCUT2D eigenvalue weighted by atomic mass is 10.0. The van der Waals surface area contributed by atoms with Crippen LogP contribution in [0.3, 0.4) is 0 Å². The maximum atomic E-state index is 5.68. The molecule has 3 heteroatoms. The summed E-state index contributed by atoms with van der Waals surface area (Å²) < 4.78 is 1.88. The molecule has 0 bridgehead atoms. The van der Waals surface area contributed by atoms with Crippen LogP contribution < -0.4 is 5.73 Å². The third-order valence-electron chi connectivity index (χ3n) is 2.90. The van der Waals surface area contributed by atoms with E-state index >= 15 is 0 Å². The van der Waals surface area contributed by atoms with E-state index in [1.165, 1.54) is 36.9 Å². The van der Waals surface area contributed by atoms with Gasteiger partial charge in [-0.2, -0.15) is 5.10 Å². The number of aryl methyl sites for hydroxylation is 1. The number of nitrogens with two attached hydrogens (primary N) is 1. The summed E-state index contributed by atoms with van der Waals surface area (Å²) in [5.41, 5.74) is 8.16. The highest BCUT2D eigenvalue weighted by atomic mass is 15.3. The summed E-state index contributed by atoms with van der Waals surface area (Å²) in [5, 5.41) is 4.50. The van der Waals surface area contributed by atoms with Gasteiger partial charge in [-0.3, -0.25) is 4.68 Å². The fourth-order valence-electron chi connectivity index (χ4n) is 2.26. The van der Waals surface area contributed by atoms with Crippen LogP contribution in [0.1, 0.15) is 42.9 Å². The van der Waals surface area contributed by atoms with Gasteiger partial charge in [0.05, 0.1) is 5.69 Å². The molecule has 0 spiro atoms. The Morgan fingerprint density at radius 1 is 1.54 bits per heavy atom. The van der Waals surface area contributed by atoms with Crippen molar-refractivity contribution < 1.29 is 0 Å². The zero-order valence-electron chi connectivity index (χ0n) is 8.16. The van der Waals surface area contributed by atoms with Gasteiger partial charge in [-0.1, -0.05) is 12.8 Å². The summed E-state index contributed by atoms with van der Waals surface area (Å²) in [4.78, 5) is 0. The van der Waals surface area contributed by atoms with Gasteiger partial charge in [0.15, 0.2) is 0 Å². The van der Waals surface area contributed by atoms with Crippen molar-refractivity contribution in [2.75, 3.05) is 0 Å². The van der Waals surface area contributed by atoms with Gasteiger partial charge in [0.1, 0.15) is 0 Å². The Balaban J connectivity index is 2.26. The van der Waals surface area contributed by atoms with E-state index in [9.17, 15) is 0 Å². The van der Waals surface area contributed by atoms with Crippen molar-refractivity contribution in [3.05, 3.63) is 17.5 Å². The molecule has 3 nitrogen and oxygen atoms in total. The molecule has 1 saturated carbocycles. The van der Waals surface area contributed by atoms with Crippen molar-refractivity contribution in [3.63, 3.8) is 0 Å². The van der Waals surface area contributed by atoms with Crippen molar-refractivity contribution in [2.45, 2.75) is 38.1 Å². The third-order valence-corrected chi connectivity index (χ3v) is 2.90. The number of aromatic nitrogens is 2. The Hall–Kier alpha value is -0.830. The molecule has 0 aromatic carbocycles. The van der Waals surface area contributed by atoms with Crippen molar-refractivity contribution in [3.8, 4) is 0 Å². The highest BCUT2D eigenvalue weighted by molar-refractivity contribution is 5.21. The first-order chi connectivity index (χ1) is 6.31. The molecule has 2 N–H and O–H groups in total. The van der Waals surface area contributed by atoms with Crippen LogP contribution in [0.5, 0.6) is 0 Å². The second-order valence-corrected chi connectivity index (χ2v) is 3.90. The van der Waals surface area contributed by atoms with Crippen LogP contribution in [0.15, 0.2) is 6.20 Å². The smallest absolute Gasteiger partial charge is 0.0700 e. The van der Waals surface area contributed by atoms with Gasteiger partial charge in [-0.05, 0) is 12.8 Å². The van der Waals surface area contributed by atoms with Crippen LogP contribution >= 0.6 is 0 Å². The Kier molecular flexibility index (Phi) is 2.36. The second kappa shape index (κ2) is 3.50. The minimum atomic E-state index is 0.625. The lowest BCUT2D eigenvalue weighted by Gasteiger charge is -2.06. The van der Waals surface area contributed by atoms with E-state index in [-0.39, 0.29) is 0 Å². The number of hydrogen-bond donors (Lipinski definition) is 1. The molecule has 0 atom stereocenters. The predicted octanol–water partition coefficient (Wildman–Crippen LogP) is 1.54. The fraction of sp³-hybridized carbons (Fsp3) is 0.700. The summed E-state index contributed by atoms with van der Waals surface area (Å²) in [6, 6.07) is 0. The van der Waals surface area contributed by atoms with Crippen LogP contribution in [-0.4, -0.2) is 9.78 Å². The van der Waals surface area contributed by atoms with Crippen LogP contribution in [0.2, 0.25) is 0 Å². The zero-order chi connectivity index (χ0) is 9.26. The minimum Gasteiger partial charge on any atom is -0.326 e. The van der Waals surface area contributed by atoms with Crippen molar-refractivity contribution >= 4 is 0 Å². The molecule has 1 aromatic heterocycles. The summed E-state index contributed by atoms with van der Waals surface area (Å²) in [5.74, 6) is 0.680. The van der Waals surface area contributed by atoms with Crippen molar-refractivity contribution in [1.29, 1.82) is 0 Å². The molecule has 0 unspecified atom stereocenters. The van der Waals surface area contributed by atoms with Crippen LogP contribution in [-0.2, 0) is 13.6 Å². The molecule has 1 heterocycles. The Labute approximate surface area is 78.9 Å². The topological polar surface area (TPSA) is 43.8 Å². The van der Waals surface area contributed by atoms with Gasteiger partial charge in [0.2, 0.25) is 0 Å². The first-order valence-electron chi connectivity index (χ1n) is 5.03. The van der Waals surface area contributed by atoms with E-state index < -0.39 is 0 Å². The standard InChI is InChI=1S/C10H17N3/c1-13-7-9(6-11)10(12-13)8-4-2-3-5-8/h7-8H,2-6,11H2,1H3. The SMILES string of the molecule is Cn1cc(CN)c(C2CCCC2)n1. The molecule has 0 saturated heterocycles. The van der Waals surface area contributed by atoms with E-state index in [2.05, 4.69) is 5.10 Å². The van der Waals surface area contributed by atoms with Crippen molar-refractivity contribution in [2.24, 2.45) is 12.8 Å². The van der Waals surface area contributed by atoms with Crippen LogP contribution in [0.25, 0.3) is 0 Å². The first kappa shape index (κ1) is 8.75. The lowest BCUT2D eigenvalue weighted by Crippen LogP contribution is -2.02. The van der Waals surface area contributed by atoms with E-state index in [1.807, 2.05) is 17.9 Å². The predicted molar refractivity (Wildman–Crippen MR) is 52.3 cm³/mol. The molecular formula is C10H17N3. The van der Waals surface area contributed by atoms with E-state index in [0.717, 1.165) is 0 Å². The third kappa shape index (κ3) is 1.61. The van der Waals surface area contributed by atoms with Gasteiger partial charge in [-0.15, -0.1) is 0 Å². The average molecular weight is 179 g/mol. The van der Waals surface area contributed by atoms with E-state index in [0.29, 0.717) is 12.5 Å².